The quantitative estimate of drug-likeness (QED) is 0.638. The molecule has 3 nitrogen and oxygen atoms in total. The van der Waals surface area contributed by atoms with Gasteiger partial charge in [-0.25, -0.2) is 0 Å². The predicted molar refractivity (Wildman–Crippen MR) is 73.6 cm³/mol. The van der Waals surface area contributed by atoms with Crippen LogP contribution in [0.15, 0.2) is 36.7 Å². The molecule has 1 N–H and O–H groups in total. The van der Waals surface area contributed by atoms with Crippen LogP contribution in [0.4, 0.5) is 0 Å². The molecule has 0 spiro atoms. The van der Waals surface area contributed by atoms with E-state index in [0.29, 0.717) is 12.5 Å². The van der Waals surface area contributed by atoms with E-state index in [2.05, 4.69) is 4.98 Å². The number of aromatic amines is 1. The lowest BCUT2D eigenvalue weighted by atomic mass is 10.1. The van der Waals surface area contributed by atoms with Crippen LogP contribution in [-0.4, -0.2) is 24.6 Å². The molecule has 2 aromatic rings. The maximum absolute atomic E-state index is 5.69. The Morgan fingerprint density at radius 1 is 1.17 bits per heavy atom. The van der Waals surface area contributed by atoms with Gasteiger partial charge in [-0.3, -0.25) is 0 Å². The van der Waals surface area contributed by atoms with Crippen LogP contribution in [0.3, 0.4) is 0 Å². The number of nitrogens with one attached hydrogen (secondary N) is 1. The summed E-state index contributed by atoms with van der Waals surface area (Å²) in [5, 5.41) is 0. The van der Waals surface area contributed by atoms with Crippen LogP contribution in [0.25, 0.3) is 11.1 Å². The summed E-state index contributed by atoms with van der Waals surface area (Å²) < 4.78 is 11.0. The van der Waals surface area contributed by atoms with E-state index >= 15 is 0 Å². The van der Waals surface area contributed by atoms with E-state index < -0.39 is 0 Å². The minimum Gasteiger partial charge on any atom is -0.493 e. The molecule has 0 unspecified atom stereocenters. The monoisotopic (exact) mass is 265 g/mol. The number of alkyl halides is 1. The molecule has 0 aliphatic rings. The summed E-state index contributed by atoms with van der Waals surface area (Å²) in [7, 11) is 1.64. The molecule has 0 radical (unpaired) electrons. The Bertz CT molecular complexity index is 483. The molecule has 0 aliphatic heterocycles. The Kier molecular flexibility index (Phi) is 4.53. The number of hydrogen-bond donors (Lipinski definition) is 1. The van der Waals surface area contributed by atoms with Crippen LogP contribution >= 0.6 is 11.6 Å². The van der Waals surface area contributed by atoms with Gasteiger partial charge >= 0.3 is 0 Å². The molecule has 0 atom stereocenters. The maximum atomic E-state index is 5.69. The fraction of sp³-hybridized carbons (Fsp3) is 0.286. The van der Waals surface area contributed by atoms with Gasteiger partial charge in [-0.05, 0) is 35.7 Å². The molecular formula is C14H16ClNO2. The highest BCUT2D eigenvalue weighted by atomic mass is 35.5. The molecule has 0 bridgehead atoms. The van der Waals surface area contributed by atoms with Crippen molar-refractivity contribution in [2.75, 3.05) is 19.6 Å². The van der Waals surface area contributed by atoms with Crippen molar-refractivity contribution < 1.29 is 9.47 Å². The SMILES string of the molecule is COc1ccc(-c2cc[nH]c2)cc1OCCCCl. The Morgan fingerprint density at radius 3 is 2.72 bits per heavy atom. The van der Waals surface area contributed by atoms with Crippen molar-refractivity contribution in [2.45, 2.75) is 6.42 Å². The maximum Gasteiger partial charge on any atom is 0.161 e. The average molecular weight is 266 g/mol. The van der Waals surface area contributed by atoms with Gasteiger partial charge in [-0.15, -0.1) is 11.6 Å². The molecule has 0 fully saturated rings. The van der Waals surface area contributed by atoms with Crippen LogP contribution < -0.4 is 9.47 Å². The van der Waals surface area contributed by atoms with Crippen molar-refractivity contribution in [3.63, 3.8) is 0 Å². The van der Waals surface area contributed by atoms with Gasteiger partial charge < -0.3 is 14.5 Å². The lowest BCUT2D eigenvalue weighted by Gasteiger charge is -2.11. The first-order valence-electron chi connectivity index (χ1n) is 5.85. The third kappa shape index (κ3) is 2.99. The zero-order valence-electron chi connectivity index (χ0n) is 10.3. The van der Waals surface area contributed by atoms with E-state index in [9.17, 15) is 0 Å². The fourth-order valence-corrected chi connectivity index (χ4v) is 1.82. The van der Waals surface area contributed by atoms with Crippen molar-refractivity contribution in [1.29, 1.82) is 0 Å². The van der Waals surface area contributed by atoms with Crippen LogP contribution in [0.5, 0.6) is 11.5 Å². The highest BCUT2D eigenvalue weighted by Crippen LogP contribution is 2.32. The zero-order valence-corrected chi connectivity index (χ0v) is 11.0. The van der Waals surface area contributed by atoms with Crippen molar-refractivity contribution in [1.82, 2.24) is 4.98 Å². The second-order valence-electron chi connectivity index (χ2n) is 3.86. The fourth-order valence-electron chi connectivity index (χ4n) is 1.71. The van der Waals surface area contributed by atoms with Crippen LogP contribution in [0.2, 0.25) is 0 Å². The van der Waals surface area contributed by atoms with E-state index in [1.54, 1.807) is 7.11 Å². The smallest absolute Gasteiger partial charge is 0.161 e. The first-order chi connectivity index (χ1) is 8.85. The highest BCUT2D eigenvalue weighted by Gasteiger charge is 2.07. The Balaban J connectivity index is 2.22. The van der Waals surface area contributed by atoms with Gasteiger partial charge in [-0.2, -0.15) is 0 Å². The van der Waals surface area contributed by atoms with E-state index in [1.165, 1.54) is 0 Å². The number of halogens is 1. The van der Waals surface area contributed by atoms with Crippen molar-refractivity contribution >= 4 is 11.6 Å². The minimum absolute atomic E-state index is 0.594. The van der Waals surface area contributed by atoms with Crippen LogP contribution in [-0.2, 0) is 0 Å². The molecule has 0 aliphatic carbocycles. The van der Waals surface area contributed by atoms with Gasteiger partial charge in [0.1, 0.15) is 0 Å². The third-order valence-corrected chi connectivity index (χ3v) is 2.90. The molecule has 1 aromatic carbocycles. The number of H-pyrrole nitrogens is 1. The van der Waals surface area contributed by atoms with Gasteiger partial charge in [0.05, 0.1) is 13.7 Å². The highest BCUT2D eigenvalue weighted by molar-refractivity contribution is 6.17. The van der Waals surface area contributed by atoms with E-state index in [1.807, 2.05) is 36.7 Å². The summed E-state index contributed by atoms with van der Waals surface area (Å²) in [4.78, 5) is 3.04. The summed E-state index contributed by atoms with van der Waals surface area (Å²) >= 11 is 5.64. The van der Waals surface area contributed by atoms with Crippen molar-refractivity contribution in [3.8, 4) is 22.6 Å². The lowest BCUT2D eigenvalue weighted by Crippen LogP contribution is -2.00. The molecule has 1 aromatic heterocycles. The second-order valence-corrected chi connectivity index (χ2v) is 4.23. The number of ether oxygens (including phenoxy) is 2. The predicted octanol–water partition coefficient (Wildman–Crippen LogP) is 3.70. The molecule has 0 saturated carbocycles. The molecule has 18 heavy (non-hydrogen) atoms. The van der Waals surface area contributed by atoms with Crippen LogP contribution in [0, 0.1) is 0 Å². The first-order valence-corrected chi connectivity index (χ1v) is 6.38. The van der Waals surface area contributed by atoms with Crippen LogP contribution in [0.1, 0.15) is 6.42 Å². The zero-order chi connectivity index (χ0) is 12.8. The normalized spacial score (nSPS) is 10.3. The molecule has 1 heterocycles. The van der Waals surface area contributed by atoms with E-state index in [0.717, 1.165) is 29.0 Å². The number of rotatable bonds is 6. The molecule has 96 valence electrons. The standard InChI is InChI=1S/C14H16ClNO2/c1-17-13-4-3-11(12-5-7-16-10-12)9-14(13)18-8-2-6-15/h3-5,7,9-10,16H,2,6,8H2,1H3. The van der Waals surface area contributed by atoms with Gasteiger partial charge in [0.15, 0.2) is 11.5 Å². The average Bonchev–Trinajstić information content (AvgIpc) is 2.93. The van der Waals surface area contributed by atoms with E-state index in [4.69, 9.17) is 21.1 Å². The summed E-state index contributed by atoms with van der Waals surface area (Å²) in [6.45, 7) is 0.594. The molecule has 0 amide bonds. The van der Waals surface area contributed by atoms with Gasteiger partial charge in [-0.1, -0.05) is 6.07 Å². The molecule has 2 rings (SSSR count). The van der Waals surface area contributed by atoms with Gasteiger partial charge in [0.2, 0.25) is 0 Å². The van der Waals surface area contributed by atoms with Gasteiger partial charge in [0, 0.05) is 18.3 Å². The Hall–Kier alpha value is -1.61. The number of hydrogen-bond acceptors (Lipinski definition) is 2. The second kappa shape index (κ2) is 6.36. The first kappa shape index (κ1) is 12.8. The molecule has 4 heteroatoms. The van der Waals surface area contributed by atoms with Crippen molar-refractivity contribution in [3.05, 3.63) is 36.7 Å². The molecular weight excluding hydrogens is 250 g/mol. The number of aromatic nitrogens is 1. The largest absolute Gasteiger partial charge is 0.493 e. The summed E-state index contributed by atoms with van der Waals surface area (Å²) in [6, 6.07) is 7.93. The minimum atomic E-state index is 0.594. The van der Waals surface area contributed by atoms with Gasteiger partial charge in [0.25, 0.3) is 0 Å². The van der Waals surface area contributed by atoms with E-state index in [-0.39, 0.29) is 0 Å². The topological polar surface area (TPSA) is 34.2 Å². The summed E-state index contributed by atoms with van der Waals surface area (Å²) in [5.74, 6) is 2.09. The number of methoxy groups -OCH3 is 1. The lowest BCUT2D eigenvalue weighted by molar-refractivity contribution is 0.295. The third-order valence-electron chi connectivity index (χ3n) is 2.63. The van der Waals surface area contributed by atoms with Crippen molar-refractivity contribution in [2.24, 2.45) is 0 Å². The Morgan fingerprint density at radius 2 is 2.06 bits per heavy atom. The number of benzene rings is 1. The summed E-state index contributed by atoms with van der Waals surface area (Å²) in [6.07, 6.45) is 4.66. The summed E-state index contributed by atoms with van der Waals surface area (Å²) in [5.41, 5.74) is 2.22. The molecule has 0 saturated heterocycles. The Labute approximate surface area is 112 Å².